The first-order chi connectivity index (χ1) is 14.2. The SMILES string of the molecule is CCc1ccccc1C(=O)C1CC2COCC(C1)N2C(=O)OCc1ccccc1. The number of ketones is 1. The molecule has 0 radical (unpaired) electrons. The lowest BCUT2D eigenvalue weighted by atomic mass is 9.80. The summed E-state index contributed by atoms with van der Waals surface area (Å²) in [5.74, 6) is 0.108. The van der Waals surface area contributed by atoms with Crippen LogP contribution in [0.4, 0.5) is 4.79 Å². The number of benzene rings is 2. The molecule has 0 aromatic heterocycles. The molecule has 4 rings (SSSR count). The summed E-state index contributed by atoms with van der Waals surface area (Å²) in [7, 11) is 0. The number of fused-ring (bicyclic) bond motifs is 2. The Labute approximate surface area is 171 Å². The Bertz CT molecular complexity index is 852. The van der Waals surface area contributed by atoms with Crippen LogP contribution in [0.25, 0.3) is 0 Å². The van der Waals surface area contributed by atoms with Crippen molar-refractivity contribution in [2.75, 3.05) is 13.2 Å². The minimum Gasteiger partial charge on any atom is -0.445 e. The van der Waals surface area contributed by atoms with Gasteiger partial charge in [-0.25, -0.2) is 4.79 Å². The minimum atomic E-state index is -0.313. The van der Waals surface area contributed by atoms with Crippen molar-refractivity contribution in [2.45, 2.75) is 44.9 Å². The van der Waals surface area contributed by atoms with Gasteiger partial charge in [-0.1, -0.05) is 61.5 Å². The molecule has 2 saturated heterocycles. The van der Waals surface area contributed by atoms with Gasteiger partial charge in [-0.3, -0.25) is 9.69 Å². The number of carbonyl (C=O) groups is 2. The van der Waals surface area contributed by atoms with Crippen molar-refractivity contribution in [1.82, 2.24) is 4.90 Å². The normalized spacial score (nSPS) is 23.5. The largest absolute Gasteiger partial charge is 0.445 e. The predicted octanol–water partition coefficient (Wildman–Crippen LogP) is 4.25. The highest BCUT2D eigenvalue weighted by molar-refractivity contribution is 5.99. The van der Waals surface area contributed by atoms with Crippen molar-refractivity contribution in [2.24, 2.45) is 5.92 Å². The molecule has 0 spiro atoms. The number of Topliss-reactive ketones (excluding diaryl/α,β-unsaturated/α-hetero) is 1. The van der Waals surface area contributed by atoms with Crippen molar-refractivity contribution >= 4 is 11.9 Å². The van der Waals surface area contributed by atoms with Gasteiger partial charge in [0.1, 0.15) is 6.61 Å². The smallest absolute Gasteiger partial charge is 0.410 e. The average Bonchev–Trinajstić information content (AvgIpc) is 2.76. The fourth-order valence-corrected chi connectivity index (χ4v) is 4.51. The average molecular weight is 393 g/mol. The quantitative estimate of drug-likeness (QED) is 0.713. The van der Waals surface area contributed by atoms with Crippen LogP contribution in [-0.2, 0) is 22.5 Å². The van der Waals surface area contributed by atoms with E-state index in [1.54, 1.807) is 0 Å². The van der Waals surface area contributed by atoms with Crippen LogP contribution >= 0.6 is 0 Å². The molecule has 2 aromatic rings. The van der Waals surface area contributed by atoms with Crippen LogP contribution in [0.3, 0.4) is 0 Å². The highest BCUT2D eigenvalue weighted by Crippen LogP contribution is 2.34. The van der Waals surface area contributed by atoms with Gasteiger partial charge in [-0.2, -0.15) is 0 Å². The van der Waals surface area contributed by atoms with Crippen molar-refractivity contribution in [1.29, 1.82) is 0 Å². The molecular weight excluding hydrogens is 366 g/mol. The number of morpholine rings is 1. The van der Waals surface area contributed by atoms with Crippen LogP contribution in [0.2, 0.25) is 0 Å². The summed E-state index contributed by atoms with van der Waals surface area (Å²) in [6.45, 7) is 3.23. The fourth-order valence-electron chi connectivity index (χ4n) is 4.51. The monoisotopic (exact) mass is 393 g/mol. The van der Waals surface area contributed by atoms with Gasteiger partial charge in [0.25, 0.3) is 0 Å². The minimum absolute atomic E-state index is 0.0835. The lowest BCUT2D eigenvalue weighted by molar-refractivity contribution is -0.0755. The first-order valence-corrected chi connectivity index (χ1v) is 10.4. The Morgan fingerprint density at radius 2 is 1.66 bits per heavy atom. The summed E-state index contributed by atoms with van der Waals surface area (Å²) >= 11 is 0. The molecule has 5 nitrogen and oxygen atoms in total. The van der Waals surface area contributed by atoms with Crippen molar-refractivity contribution < 1.29 is 19.1 Å². The molecule has 1 amide bonds. The van der Waals surface area contributed by atoms with Gasteiger partial charge in [0.2, 0.25) is 0 Å². The van der Waals surface area contributed by atoms with Crippen molar-refractivity contribution in [3.8, 4) is 0 Å². The Kier molecular flexibility index (Phi) is 5.95. The van der Waals surface area contributed by atoms with Gasteiger partial charge < -0.3 is 9.47 Å². The van der Waals surface area contributed by atoms with E-state index in [-0.39, 0.29) is 36.5 Å². The van der Waals surface area contributed by atoms with E-state index in [2.05, 4.69) is 6.92 Å². The summed E-state index contributed by atoms with van der Waals surface area (Å²) in [5, 5.41) is 0. The van der Waals surface area contributed by atoms with Crippen LogP contribution in [0, 0.1) is 5.92 Å². The van der Waals surface area contributed by atoms with Crippen molar-refractivity contribution in [3.63, 3.8) is 0 Å². The maximum absolute atomic E-state index is 13.2. The second-order valence-corrected chi connectivity index (χ2v) is 7.84. The number of piperidine rings is 1. The molecule has 2 aliphatic heterocycles. The standard InChI is InChI=1S/C24H27NO4/c1-2-18-10-6-7-11-22(18)23(26)19-12-20-15-28-16-21(13-19)25(20)24(27)29-14-17-8-4-3-5-9-17/h3-11,19-21H,2,12-16H2,1H3. The third-order valence-corrected chi connectivity index (χ3v) is 5.97. The Morgan fingerprint density at radius 1 is 1.00 bits per heavy atom. The lowest BCUT2D eigenvalue weighted by Crippen LogP contribution is -2.60. The zero-order valence-corrected chi connectivity index (χ0v) is 16.8. The number of amides is 1. The summed E-state index contributed by atoms with van der Waals surface area (Å²) < 4.78 is 11.3. The maximum atomic E-state index is 13.2. The molecular formula is C24H27NO4. The van der Waals surface area contributed by atoms with E-state index in [4.69, 9.17) is 9.47 Å². The number of aryl methyl sites for hydroxylation is 1. The molecule has 152 valence electrons. The number of nitrogens with zero attached hydrogens (tertiary/aromatic N) is 1. The van der Waals surface area contributed by atoms with E-state index in [0.29, 0.717) is 26.1 Å². The number of rotatable bonds is 5. The second kappa shape index (κ2) is 8.78. The van der Waals surface area contributed by atoms with Gasteiger partial charge in [0.15, 0.2) is 5.78 Å². The molecule has 2 atom stereocenters. The number of carbonyl (C=O) groups excluding carboxylic acids is 2. The summed E-state index contributed by atoms with van der Waals surface area (Å²) in [5.41, 5.74) is 2.87. The maximum Gasteiger partial charge on any atom is 0.410 e. The molecule has 2 aromatic carbocycles. The van der Waals surface area contributed by atoms with E-state index in [1.807, 2.05) is 59.5 Å². The zero-order chi connectivity index (χ0) is 20.2. The molecule has 29 heavy (non-hydrogen) atoms. The molecule has 2 aliphatic rings. The van der Waals surface area contributed by atoms with E-state index in [0.717, 1.165) is 23.1 Å². The number of hydrogen-bond donors (Lipinski definition) is 0. The molecule has 2 heterocycles. The van der Waals surface area contributed by atoms with Crippen LogP contribution in [-0.4, -0.2) is 42.1 Å². The topological polar surface area (TPSA) is 55.8 Å². The van der Waals surface area contributed by atoms with Gasteiger partial charge in [0, 0.05) is 11.5 Å². The lowest BCUT2D eigenvalue weighted by Gasteiger charge is -2.47. The van der Waals surface area contributed by atoms with Crippen LogP contribution in [0.5, 0.6) is 0 Å². The van der Waals surface area contributed by atoms with Gasteiger partial charge in [-0.05, 0) is 30.4 Å². The molecule has 0 aliphatic carbocycles. The molecule has 2 fully saturated rings. The Morgan fingerprint density at radius 3 is 2.34 bits per heavy atom. The molecule has 0 saturated carbocycles. The third-order valence-electron chi connectivity index (χ3n) is 5.97. The molecule has 2 unspecified atom stereocenters. The first-order valence-electron chi connectivity index (χ1n) is 10.4. The van der Waals surface area contributed by atoms with E-state index in [1.165, 1.54) is 0 Å². The van der Waals surface area contributed by atoms with Gasteiger partial charge in [0.05, 0.1) is 25.3 Å². The summed E-state index contributed by atoms with van der Waals surface area (Å²) in [6, 6.07) is 17.3. The van der Waals surface area contributed by atoms with E-state index >= 15 is 0 Å². The van der Waals surface area contributed by atoms with E-state index < -0.39 is 0 Å². The third kappa shape index (κ3) is 4.20. The summed E-state index contributed by atoms with van der Waals surface area (Å²) in [4.78, 5) is 27.8. The number of ether oxygens (including phenoxy) is 2. The first kappa shape index (κ1) is 19.6. The Hall–Kier alpha value is -2.66. The van der Waals surface area contributed by atoms with E-state index in [9.17, 15) is 9.59 Å². The fraction of sp³-hybridized carbons (Fsp3) is 0.417. The van der Waals surface area contributed by atoms with Crippen molar-refractivity contribution in [3.05, 3.63) is 71.3 Å². The van der Waals surface area contributed by atoms with Gasteiger partial charge in [-0.15, -0.1) is 0 Å². The highest BCUT2D eigenvalue weighted by Gasteiger charge is 2.44. The molecule has 2 bridgehead atoms. The zero-order valence-electron chi connectivity index (χ0n) is 16.8. The van der Waals surface area contributed by atoms with Crippen LogP contribution < -0.4 is 0 Å². The highest BCUT2D eigenvalue weighted by atomic mass is 16.6. The predicted molar refractivity (Wildman–Crippen MR) is 110 cm³/mol. The number of hydrogen-bond acceptors (Lipinski definition) is 4. The molecule has 5 heteroatoms. The van der Waals surface area contributed by atoms with Crippen LogP contribution in [0.15, 0.2) is 54.6 Å². The summed E-state index contributed by atoms with van der Waals surface area (Å²) in [6.07, 6.45) is 1.76. The second-order valence-electron chi connectivity index (χ2n) is 7.84. The van der Waals surface area contributed by atoms with Crippen LogP contribution in [0.1, 0.15) is 41.3 Å². The van der Waals surface area contributed by atoms with Gasteiger partial charge >= 0.3 is 6.09 Å². The molecule has 0 N–H and O–H groups in total. The Balaban J connectivity index is 1.45.